The van der Waals surface area contributed by atoms with Gasteiger partial charge in [-0.1, -0.05) is 18.2 Å². The molecule has 1 aromatic rings. The number of halogens is 1. The fourth-order valence-corrected chi connectivity index (χ4v) is 1.51. The van der Waals surface area contributed by atoms with Gasteiger partial charge in [0, 0.05) is 0 Å². The largest absolute Gasteiger partial charge is 0.372 e. The van der Waals surface area contributed by atoms with Crippen molar-refractivity contribution in [3.8, 4) is 0 Å². The van der Waals surface area contributed by atoms with Crippen molar-refractivity contribution in [3.63, 3.8) is 0 Å². The molecule has 0 saturated carbocycles. The molecular weight excluding hydrogens is 258 g/mol. The van der Waals surface area contributed by atoms with Crippen LogP contribution in [-0.2, 0) is 24.5 Å². The Kier molecular flexibility index (Phi) is 4.11. The highest BCUT2D eigenvalue weighted by atomic mass is 79.9. The van der Waals surface area contributed by atoms with Gasteiger partial charge in [0.2, 0.25) is 0 Å². The van der Waals surface area contributed by atoms with Crippen LogP contribution in [0, 0.1) is 0 Å². The summed E-state index contributed by atoms with van der Waals surface area (Å²) in [6.45, 7) is 1.96. The third-order valence-corrected chi connectivity index (χ3v) is 2.23. The van der Waals surface area contributed by atoms with E-state index in [9.17, 15) is 0 Å². The van der Waals surface area contributed by atoms with Crippen molar-refractivity contribution >= 4 is 22.9 Å². The van der Waals surface area contributed by atoms with Crippen LogP contribution in [0.5, 0.6) is 0 Å². The smallest absolute Gasteiger partial charge is 0.186 e. The van der Waals surface area contributed by atoms with Gasteiger partial charge in [-0.15, -0.1) is 17.0 Å². The first-order chi connectivity index (χ1) is 6.75. The van der Waals surface area contributed by atoms with E-state index in [1.54, 1.807) is 0 Å². The Hall–Kier alpha value is -1.07. The van der Waals surface area contributed by atoms with E-state index in [0.29, 0.717) is 13.2 Å². The van der Waals surface area contributed by atoms with Crippen LogP contribution in [0.1, 0.15) is 16.7 Å². The summed E-state index contributed by atoms with van der Waals surface area (Å²) in [5.41, 5.74) is 14.1. The molecule has 1 aliphatic heterocycles. The summed E-state index contributed by atoms with van der Waals surface area (Å²) in [5.74, 6) is 0.127. The average molecular weight is 272 g/mol. The maximum Gasteiger partial charge on any atom is 0.186 e. The molecule has 1 heterocycles. The molecule has 4 N–H and O–H groups in total. The highest BCUT2D eigenvalue weighted by Crippen LogP contribution is 2.20. The number of hydrogen-bond acceptors (Lipinski definition) is 2. The van der Waals surface area contributed by atoms with Crippen molar-refractivity contribution in [1.29, 1.82) is 0 Å². The zero-order chi connectivity index (χ0) is 9.97. The van der Waals surface area contributed by atoms with E-state index in [2.05, 4.69) is 17.1 Å². The summed E-state index contributed by atoms with van der Waals surface area (Å²) in [5, 5.41) is 0. The van der Waals surface area contributed by atoms with Crippen LogP contribution in [0.15, 0.2) is 23.2 Å². The first-order valence-electron chi connectivity index (χ1n) is 4.49. The summed E-state index contributed by atoms with van der Waals surface area (Å²) in [4.78, 5) is 3.95. The maximum atomic E-state index is 5.31. The van der Waals surface area contributed by atoms with Crippen molar-refractivity contribution in [3.05, 3.63) is 34.9 Å². The van der Waals surface area contributed by atoms with Gasteiger partial charge in [-0.05, 0) is 16.7 Å². The Labute approximate surface area is 99.1 Å². The van der Waals surface area contributed by atoms with Gasteiger partial charge < -0.3 is 16.2 Å². The summed E-state index contributed by atoms with van der Waals surface area (Å²) in [7, 11) is 0. The second-order valence-electron chi connectivity index (χ2n) is 3.34. The summed E-state index contributed by atoms with van der Waals surface area (Å²) in [6.07, 6.45) is 0. The Bertz CT molecular complexity index is 375. The molecule has 5 heteroatoms. The van der Waals surface area contributed by atoms with E-state index < -0.39 is 0 Å². The molecule has 1 aromatic carbocycles. The van der Waals surface area contributed by atoms with E-state index in [0.717, 1.165) is 12.2 Å². The van der Waals surface area contributed by atoms with Crippen molar-refractivity contribution in [2.24, 2.45) is 16.5 Å². The van der Waals surface area contributed by atoms with Crippen LogP contribution < -0.4 is 11.5 Å². The molecule has 0 bridgehead atoms. The van der Waals surface area contributed by atoms with Gasteiger partial charge in [-0.25, -0.2) is 4.99 Å². The lowest BCUT2D eigenvalue weighted by atomic mass is 10.1. The molecule has 0 saturated heterocycles. The lowest BCUT2D eigenvalue weighted by Gasteiger charge is -2.00. The van der Waals surface area contributed by atoms with Crippen LogP contribution in [0.2, 0.25) is 0 Å². The lowest BCUT2D eigenvalue weighted by molar-refractivity contribution is 0.134. The summed E-state index contributed by atoms with van der Waals surface area (Å²) < 4.78 is 5.31. The highest BCUT2D eigenvalue weighted by Gasteiger charge is 2.10. The van der Waals surface area contributed by atoms with E-state index in [1.807, 2.05) is 6.07 Å². The quantitative estimate of drug-likeness (QED) is 0.624. The Balaban J connectivity index is 0.00000112. The van der Waals surface area contributed by atoms with E-state index >= 15 is 0 Å². The SMILES string of the molecule is Br.NC(N)=NCc1ccc2c(c1)COC2. The van der Waals surface area contributed by atoms with Crippen LogP contribution >= 0.6 is 17.0 Å². The lowest BCUT2D eigenvalue weighted by Crippen LogP contribution is -2.22. The van der Waals surface area contributed by atoms with Crippen LogP contribution in [-0.4, -0.2) is 5.96 Å². The normalized spacial score (nSPS) is 12.8. The molecule has 0 amide bonds. The summed E-state index contributed by atoms with van der Waals surface area (Å²) in [6, 6.07) is 6.19. The number of hydrogen-bond donors (Lipinski definition) is 2. The Morgan fingerprint density at radius 3 is 2.73 bits per heavy atom. The molecule has 0 spiro atoms. The molecule has 0 unspecified atom stereocenters. The second kappa shape index (κ2) is 5.14. The molecule has 15 heavy (non-hydrogen) atoms. The molecule has 0 radical (unpaired) electrons. The molecule has 4 nitrogen and oxygen atoms in total. The van der Waals surface area contributed by atoms with Crippen molar-refractivity contribution in [2.75, 3.05) is 0 Å². The molecule has 0 atom stereocenters. The number of aliphatic imine (C=N–C) groups is 1. The minimum Gasteiger partial charge on any atom is -0.372 e. The number of fused-ring (bicyclic) bond motifs is 1. The zero-order valence-corrected chi connectivity index (χ0v) is 9.98. The molecule has 1 aliphatic rings. The van der Waals surface area contributed by atoms with Gasteiger partial charge in [0.05, 0.1) is 19.8 Å². The Morgan fingerprint density at radius 1 is 1.27 bits per heavy atom. The summed E-state index contributed by atoms with van der Waals surface area (Å²) >= 11 is 0. The van der Waals surface area contributed by atoms with Gasteiger partial charge in [0.15, 0.2) is 5.96 Å². The third-order valence-electron chi connectivity index (χ3n) is 2.23. The van der Waals surface area contributed by atoms with Gasteiger partial charge in [0.25, 0.3) is 0 Å². The number of benzene rings is 1. The van der Waals surface area contributed by atoms with Gasteiger partial charge >= 0.3 is 0 Å². The predicted molar refractivity (Wildman–Crippen MR) is 64.8 cm³/mol. The first-order valence-corrected chi connectivity index (χ1v) is 4.49. The minimum absolute atomic E-state index is 0. The first kappa shape index (κ1) is 12.0. The van der Waals surface area contributed by atoms with Crippen LogP contribution in [0.4, 0.5) is 0 Å². The topological polar surface area (TPSA) is 73.6 Å². The predicted octanol–water partition coefficient (Wildman–Crippen LogP) is 1.07. The average Bonchev–Trinajstić information content (AvgIpc) is 2.61. The minimum atomic E-state index is 0. The number of guanidine groups is 1. The molecule has 0 fully saturated rings. The number of nitrogens with two attached hydrogens (primary N) is 2. The number of nitrogens with zero attached hydrogens (tertiary/aromatic N) is 1. The Morgan fingerprint density at radius 2 is 2.00 bits per heavy atom. The molecule has 82 valence electrons. The fourth-order valence-electron chi connectivity index (χ4n) is 1.51. The third kappa shape index (κ3) is 2.94. The van der Waals surface area contributed by atoms with Gasteiger partial charge in [-0.2, -0.15) is 0 Å². The van der Waals surface area contributed by atoms with Crippen molar-refractivity contribution in [1.82, 2.24) is 0 Å². The molecule has 0 aliphatic carbocycles. The van der Waals surface area contributed by atoms with Crippen LogP contribution in [0.25, 0.3) is 0 Å². The van der Waals surface area contributed by atoms with E-state index in [4.69, 9.17) is 16.2 Å². The van der Waals surface area contributed by atoms with Crippen LogP contribution in [0.3, 0.4) is 0 Å². The zero-order valence-electron chi connectivity index (χ0n) is 8.27. The van der Waals surface area contributed by atoms with Gasteiger partial charge in [0.1, 0.15) is 0 Å². The molecule has 0 aromatic heterocycles. The monoisotopic (exact) mass is 271 g/mol. The molecular formula is C10H14BrN3O. The van der Waals surface area contributed by atoms with Crippen molar-refractivity contribution in [2.45, 2.75) is 19.8 Å². The van der Waals surface area contributed by atoms with E-state index in [-0.39, 0.29) is 22.9 Å². The molecule has 2 rings (SSSR count). The standard InChI is InChI=1S/C10H13N3O.BrH/c11-10(12)13-4-7-1-2-8-5-14-6-9(8)3-7;/h1-3H,4-6H2,(H4,11,12,13);1H. The number of ether oxygens (including phenoxy) is 1. The van der Waals surface area contributed by atoms with E-state index in [1.165, 1.54) is 11.1 Å². The highest BCUT2D eigenvalue weighted by molar-refractivity contribution is 8.93. The number of rotatable bonds is 2. The second-order valence-corrected chi connectivity index (χ2v) is 3.34. The van der Waals surface area contributed by atoms with Crippen molar-refractivity contribution < 1.29 is 4.74 Å². The van der Waals surface area contributed by atoms with Gasteiger partial charge in [-0.3, -0.25) is 0 Å². The maximum absolute atomic E-state index is 5.31. The fraction of sp³-hybridized carbons (Fsp3) is 0.300.